The van der Waals surface area contributed by atoms with E-state index in [4.69, 9.17) is 4.98 Å². The summed E-state index contributed by atoms with van der Waals surface area (Å²) in [5.41, 5.74) is 5.10. The molecule has 0 spiro atoms. The van der Waals surface area contributed by atoms with E-state index in [2.05, 4.69) is 47.7 Å². The summed E-state index contributed by atoms with van der Waals surface area (Å²) in [6.07, 6.45) is 1.12. The van der Waals surface area contributed by atoms with E-state index in [1.807, 2.05) is 14.1 Å². The maximum atomic E-state index is 4.77. The average Bonchev–Trinajstić information content (AvgIpc) is 3.10. The van der Waals surface area contributed by atoms with Crippen molar-refractivity contribution in [3.8, 4) is 11.3 Å². The Hall–Kier alpha value is -1.59. The van der Waals surface area contributed by atoms with E-state index >= 15 is 0 Å². The van der Waals surface area contributed by atoms with Crippen molar-refractivity contribution >= 4 is 22.2 Å². The fourth-order valence-electron chi connectivity index (χ4n) is 2.78. The van der Waals surface area contributed by atoms with Crippen LogP contribution in [0, 0.1) is 0 Å². The Morgan fingerprint density at radius 2 is 2.14 bits per heavy atom. The van der Waals surface area contributed by atoms with Gasteiger partial charge in [0.25, 0.3) is 0 Å². The van der Waals surface area contributed by atoms with Crippen molar-refractivity contribution in [1.29, 1.82) is 0 Å². The van der Waals surface area contributed by atoms with Crippen molar-refractivity contribution in [2.24, 2.45) is 0 Å². The van der Waals surface area contributed by atoms with E-state index in [0.29, 0.717) is 6.04 Å². The molecule has 2 N–H and O–H groups in total. The Morgan fingerprint density at radius 1 is 1.33 bits per heavy atom. The zero-order chi connectivity index (χ0) is 15.0. The monoisotopic (exact) mass is 302 g/mol. The number of hydrogen-bond donors (Lipinski definition) is 2. The molecule has 21 heavy (non-hydrogen) atoms. The van der Waals surface area contributed by atoms with Gasteiger partial charge in [-0.05, 0) is 38.1 Å². The number of hydrogen-bond acceptors (Lipinski definition) is 5. The summed E-state index contributed by atoms with van der Waals surface area (Å²) < 4.78 is 0. The fraction of sp³-hybridized carbons (Fsp3) is 0.438. The summed E-state index contributed by atoms with van der Waals surface area (Å²) in [5.74, 6) is 0. The van der Waals surface area contributed by atoms with Crippen LogP contribution in [0.15, 0.2) is 18.2 Å². The van der Waals surface area contributed by atoms with Gasteiger partial charge in [0.05, 0.1) is 10.6 Å². The van der Waals surface area contributed by atoms with Gasteiger partial charge in [0.2, 0.25) is 0 Å². The minimum atomic E-state index is 0.301. The summed E-state index contributed by atoms with van der Waals surface area (Å²) >= 11 is 1.73. The molecular formula is C16H22N4S. The summed E-state index contributed by atoms with van der Waals surface area (Å²) in [7, 11) is 6.07. The number of anilines is 2. The van der Waals surface area contributed by atoms with Gasteiger partial charge in [-0.1, -0.05) is 17.4 Å². The van der Waals surface area contributed by atoms with Crippen molar-refractivity contribution in [2.75, 3.05) is 37.9 Å². The lowest BCUT2D eigenvalue weighted by atomic mass is 10.0. The van der Waals surface area contributed by atoms with Crippen LogP contribution < -0.4 is 15.5 Å². The lowest BCUT2D eigenvalue weighted by molar-refractivity contribution is 0.664. The quantitative estimate of drug-likeness (QED) is 0.910. The Kier molecular flexibility index (Phi) is 3.87. The van der Waals surface area contributed by atoms with Crippen LogP contribution in [0.3, 0.4) is 0 Å². The lowest BCUT2D eigenvalue weighted by Gasteiger charge is -2.13. The number of nitrogens with one attached hydrogen (secondary N) is 2. The number of benzene rings is 1. The standard InChI is InChI=1S/C16H22N4S/c1-10(17-2)15-14(19-16(18-3)21-15)12-5-6-13-11(9-12)7-8-20(13)4/h5-6,9-10,17H,7-8H2,1-4H3,(H,18,19). The van der Waals surface area contributed by atoms with Crippen LogP contribution in [0.4, 0.5) is 10.8 Å². The van der Waals surface area contributed by atoms with Crippen LogP contribution in [0.5, 0.6) is 0 Å². The van der Waals surface area contributed by atoms with Crippen LogP contribution >= 0.6 is 11.3 Å². The minimum Gasteiger partial charge on any atom is -0.374 e. The molecule has 0 bridgehead atoms. The van der Waals surface area contributed by atoms with E-state index < -0.39 is 0 Å². The highest BCUT2D eigenvalue weighted by molar-refractivity contribution is 7.16. The van der Waals surface area contributed by atoms with Crippen LogP contribution in [-0.4, -0.2) is 32.7 Å². The highest BCUT2D eigenvalue weighted by atomic mass is 32.1. The Morgan fingerprint density at radius 3 is 2.86 bits per heavy atom. The van der Waals surface area contributed by atoms with Gasteiger partial charge in [-0.2, -0.15) is 0 Å². The number of rotatable bonds is 4. The van der Waals surface area contributed by atoms with Gasteiger partial charge >= 0.3 is 0 Å². The number of thiazole rings is 1. The molecule has 0 fully saturated rings. The van der Waals surface area contributed by atoms with Crippen LogP contribution in [0.1, 0.15) is 23.4 Å². The van der Waals surface area contributed by atoms with Crippen molar-refractivity contribution in [3.63, 3.8) is 0 Å². The zero-order valence-electron chi connectivity index (χ0n) is 13.0. The number of aromatic nitrogens is 1. The van der Waals surface area contributed by atoms with Gasteiger partial charge in [-0.15, -0.1) is 0 Å². The summed E-state index contributed by atoms with van der Waals surface area (Å²) in [6, 6.07) is 7.03. The summed E-state index contributed by atoms with van der Waals surface area (Å²) in [4.78, 5) is 8.37. The normalized spacial score (nSPS) is 15.1. The molecule has 3 rings (SSSR count). The molecule has 1 aromatic carbocycles. The van der Waals surface area contributed by atoms with E-state index in [1.54, 1.807) is 11.3 Å². The highest BCUT2D eigenvalue weighted by Gasteiger charge is 2.20. The Labute approximate surface area is 130 Å². The molecule has 0 saturated carbocycles. The first-order valence-electron chi connectivity index (χ1n) is 7.34. The third kappa shape index (κ3) is 2.51. The number of fused-ring (bicyclic) bond motifs is 1. The molecular weight excluding hydrogens is 280 g/mol. The molecule has 0 radical (unpaired) electrons. The van der Waals surface area contributed by atoms with Crippen molar-refractivity contribution in [1.82, 2.24) is 10.3 Å². The zero-order valence-corrected chi connectivity index (χ0v) is 13.8. The molecule has 1 unspecified atom stereocenters. The Balaban J connectivity index is 2.06. The molecule has 0 amide bonds. The number of nitrogens with zero attached hydrogens (tertiary/aromatic N) is 2. The Bertz CT molecular complexity index is 650. The first-order valence-corrected chi connectivity index (χ1v) is 8.16. The second-order valence-electron chi connectivity index (χ2n) is 5.51. The third-order valence-electron chi connectivity index (χ3n) is 4.17. The number of likely N-dealkylation sites (N-methyl/N-ethyl adjacent to an activating group) is 1. The molecule has 1 aromatic heterocycles. The second kappa shape index (κ2) is 5.66. The molecule has 1 atom stereocenters. The topological polar surface area (TPSA) is 40.2 Å². The van der Waals surface area contributed by atoms with Gasteiger partial charge < -0.3 is 15.5 Å². The lowest BCUT2D eigenvalue weighted by Crippen LogP contribution is -2.12. The summed E-state index contributed by atoms with van der Waals surface area (Å²) in [5, 5.41) is 7.46. The van der Waals surface area contributed by atoms with Crippen LogP contribution in [0.25, 0.3) is 11.3 Å². The maximum Gasteiger partial charge on any atom is 0.183 e. The molecule has 5 heteroatoms. The van der Waals surface area contributed by atoms with Gasteiger partial charge in [0, 0.05) is 37.9 Å². The van der Waals surface area contributed by atoms with Crippen molar-refractivity contribution in [3.05, 3.63) is 28.6 Å². The smallest absolute Gasteiger partial charge is 0.183 e. The van der Waals surface area contributed by atoms with Crippen LogP contribution in [-0.2, 0) is 6.42 Å². The maximum absolute atomic E-state index is 4.77. The molecule has 0 aliphatic carbocycles. The predicted octanol–water partition coefficient (Wildman–Crippen LogP) is 3.12. The van der Waals surface area contributed by atoms with Gasteiger partial charge in [-0.3, -0.25) is 0 Å². The van der Waals surface area contributed by atoms with E-state index in [1.165, 1.54) is 21.7 Å². The minimum absolute atomic E-state index is 0.301. The second-order valence-corrected chi connectivity index (χ2v) is 6.54. The largest absolute Gasteiger partial charge is 0.374 e. The first kappa shape index (κ1) is 14.4. The van der Waals surface area contributed by atoms with Gasteiger partial charge in [0.15, 0.2) is 5.13 Å². The predicted molar refractivity (Wildman–Crippen MR) is 91.5 cm³/mol. The van der Waals surface area contributed by atoms with Crippen molar-refractivity contribution < 1.29 is 0 Å². The summed E-state index contributed by atoms with van der Waals surface area (Å²) in [6.45, 7) is 3.29. The van der Waals surface area contributed by atoms with Gasteiger partial charge in [0.1, 0.15) is 0 Å². The molecule has 112 valence electrons. The third-order valence-corrected chi connectivity index (χ3v) is 5.43. The highest BCUT2D eigenvalue weighted by Crippen LogP contribution is 2.37. The van der Waals surface area contributed by atoms with E-state index in [0.717, 1.165) is 23.8 Å². The van der Waals surface area contributed by atoms with E-state index in [-0.39, 0.29) is 0 Å². The SMILES string of the molecule is CNc1nc(-c2ccc3c(c2)CCN3C)c(C(C)NC)s1. The molecule has 1 aliphatic rings. The van der Waals surface area contributed by atoms with Crippen LogP contribution in [0.2, 0.25) is 0 Å². The molecule has 4 nitrogen and oxygen atoms in total. The molecule has 1 aliphatic heterocycles. The average molecular weight is 302 g/mol. The van der Waals surface area contributed by atoms with Crippen molar-refractivity contribution in [2.45, 2.75) is 19.4 Å². The fourth-order valence-corrected chi connectivity index (χ4v) is 3.79. The van der Waals surface area contributed by atoms with E-state index in [9.17, 15) is 0 Å². The molecule has 0 saturated heterocycles. The van der Waals surface area contributed by atoms with Gasteiger partial charge in [-0.25, -0.2) is 4.98 Å². The molecule has 2 aromatic rings. The molecule has 2 heterocycles. The first-order chi connectivity index (χ1) is 10.1.